The molecule has 3 N–H and O–H groups in total. The number of benzene rings is 1. The van der Waals surface area contributed by atoms with E-state index in [1.807, 2.05) is 0 Å². The lowest BCUT2D eigenvalue weighted by Crippen LogP contribution is -2.45. The van der Waals surface area contributed by atoms with Crippen LogP contribution in [0.25, 0.3) is 0 Å². The predicted molar refractivity (Wildman–Crippen MR) is 121 cm³/mol. The summed E-state index contributed by atoms with van der Waals surface area (Å²) in [5.74, 6) is 0.485. The van der Waals surface area contributed by atoms with Gasteiger partial charge < -0.3 is 20.5 Å². The van der Waals surface area contributed by atoms with Gasteiger partial charge in [0.05, 0.1) is 0 Å². The Morgan fingerprint density at radius 2 is 1.76 bits per heavy atom. The molecule has 3 amide bonds. The molecule has 1 heterocycles. The van der Waals surface area contributed by atoms with Crippen molar-refractivity contribution in [3.8, 4) is 0 Å². The molecule has 9 nitrogen and oxygen atoms in total. The van der Waals surface area contributed by atoms with Crippen molar-refractivity contribution in [3.63, 3.8) is 0 Å². The summed E-state index contributed by atoms with van der Waals surface area (Å²) >= 11 is 0. The van der Waals surface area contributed by atoms with Crippen LogP contribution in [0.5, 0.6) is 0 Å². The zero-order valence-electron chi connectivity index (χ0n) is 19.0. The number of carbonyl (C=O) groups excluding carboxylic acids is 3. The Morgan fingerprint density at radius 3 is 2.39 bits per heavy atom. The van der Waals surface area contributed by atoms with Crippen LogP contribution in [-0.2, 0) is 21.5 Å². The number of rotatable bonds is 8. The van der Waals surface area contributed by atoms with Crippen LogP contribution in [0.2, 0.25) is 0 Å². The zero-order valence-corrected chi connectivity index (χ0v) is 19.0. The molecule has 0 unspecified atom stereocenters. The number of nitrogens with one attached hydrogen (secondary N) is 3. The van der Waals surface area contributed by atoms with E-state index in [9.17, 15) is 14.4 Å². The predicted octanol–water partition coefficient (Wildman–Crippen LogP) is 3.22. The molecule has 176 valence electrons. The first-order chi connectivity index (χ1) is 15.9. The number of nitrogens with zero attached hydrogens (tertiary/aromatic N) is 2. The summed E-state index contributed by atoms with van der Waals surface area (Å²) in [4.78, 5) is 40.8. The molecular weight excluding hydrogens is 422 g/mol. The number of carbonyl (C=O) groups is 3. The molecule has 2 saturated carbocycles. The van der Waals surface area contributed by atoms with E-state index in [-0.39, 0.29) is 24.1 Å². The Kier molecular flexibility index (Phi) is 7.05. The maximum Gasteiger partial charge on any atom is 0.251 e. The highest BCUT2D eigenvalue weighted by Crippen LogP contribution is 2.34. The van der Waals surface area contributed by atoms with Gasteiger partial charge in [-0.15, -0.1) is 0 Å². The third-order valence-corrected chi connectivity index (χ3v) is 6.18. The summed E-state index contributed by atoms with van der Waals surface area (Å²) in [6.07, 6.45) is 8.35. The minimum absolute atomic E-state index is 0.0896. The van der Waals surface area contributed by atoms with E-state index in [1.54, 1.807) is 24.3 Å². The fraction of sp³-hybridized carbons (Fsp3) is 0.542. The molecule has 2 aliphatic carbocycles. The quantitative estimate of drug-likeness (QED) is 0.527. The number of anilines is 1. The summed E-state index contributed by atoms with van der Waals surface area (Å²) in [7, 11) is 0. The van der Waals surface area contributed by atoms with Crippen LogP contribution in [0, 0.1) is 0 Å². The summed E-state index contributed by atoms with van der Waals surface area (Å²) in [6, 6.07) is 7.14. The second-order valence-electron chi connectivity index (χ2n) is 9.06. The van der Waals surface area contributed by atoms with E-state index in [1.165, 1.54) is 6.92 Å². The summed E-state index contributed by atoms with van der Waals surface area (Å²) in [5, 5.41) is 13.0. The first kappa shape index (κ1) is 22.9. The average Bonchev–Trinajstić information content (AvgIpc) is 3.52. The van der Waals surface area contributed by atoms with Crippen molar-refractivity contribution >= 4 is 23.4 Å². The lowest BCUT2D eigenvalue weighted by molar-refractivity contribution is -0.121. The van der Waals surface area contributed by atoms with Gasteiger partial charge in [-0.25, -0.2) is 0 Å². The van der Waals surface area contributed by atoms with Crippen molar-refractivity contribution in [2.75, 3.05) is 5.32 Å². The van der Waals surface area contributed by atoms with Crippen LogP contribution >= 0.6 is 0 Å². The minimum Gasteiger partial charge on any atom is -0.349 e. The fourth-order valence-electron chi connectivity index (χ4n) is 4.27. The van der Waals surface area contributed by atoms with Crippen LogP contribution in [0.3, 0.4) is 0 Å². The lowest BCUT2D eigenvalue weighted by atomic mass is 9.89. The molecule has 0 aliphatic heterocycles. The van der Waals surface area contributed by atoms with E-state index in [2.05, 4.69) is 26.1 Å². The largest absolute Gasteiger partial charge is 0.349 e. The smallest absolute Gasteiger partial charge is 0.251 e. The number of aromatic nitrogens is 2. The molecule has 9 heteroatoms. The van der Waals surface area contributed by atoms with Crippen LogP contribution in [0.4, 0.5) is 5.69 Å². The Balaban J connectivity index is 1.31. The molecule has 0 spiro atoms. The number of hydrogen-bond donors (Lipinski definition) is 3. The van der Waals surface area contributed by atoms with Gasteiger partial charge >= 0.3 is 0 Å². The van der Waals surface area contributed by atoms with Gasteiger partial charge in [0.2, 0.25) is 17.7 Å². The van der Waals surface area contributed by atoms with E-state index in [0.29, 0.717) is 35.4 Å². The van der Waals surface area contributed by atoms with Gasteiger partial charge in [-0.1, -0.05) is 30.8 Å². The SMILES string of the molecule is CC(=O)NC1(c2noc(CCC(=O)Nc3ccc(C(=O)NC4CC4)cc3)n2)CCCCCC1. The second kappa shape index (κ2) is 10.1. The average molecular weight is 454 g/mol. The van der Waals surface area contributed by atoms with E-state index >= 15 is 0 Å². The summed E-state index contributed by atoms with van der Waals surface area (Å²) < 4.78 is 5.41. The number of aryl methyl sites for hydroxylation is 1. The zero-order chi connectivity index (χ0) is 23.3. The van der Waals surface area contributed by atoms with Crippen molar-refractivity contribution < 1.29 is 18.9 Å². The highest BCUT2D eigenvalue weighted by Gasteiger charge is 2.38. The molecule has 2 fully saturated rings. The Bertz CT molecular complexity index is 989. The Morgan fingerprint density at radius 1 is 1.06 bits per heavy atom. The standard InChI is InChI=1S/C24H31N5O4/c1-16(30)28-24(14-4-2-3-5-15-24)23-27-21(33-29-23)13-12-20(31)25-18-8-6-17(7-9-18)22(32)26-19-10-11-19/h6-9,19H,2-5,10-15H2,1H3,(H,25,31)(H,26,32)(H,28,30). The van der Waals surface area contributed by atoms with Gasteiger partial charge in [0.25, 0.3) is 5.91 Å². The molecule has 0 radical (unpaired) electrons. The van der Waals surface area contributed by atoms with E-state index in [4.69, 9.17) is 4.52 Å². The van der Waals surface area contributed by atoms with Crippen LogP contribution in [-0.4, -0.2) is 33.9 Å². The first-order valence-electron chi connectivity index (χ1n) is 11.8. The minimum atomic E-state index is -0.597. The first-order valence-corrected chi connectivity index (χ1v) is 11.8. The Hall–Kier alpha value is -3.23. The van der Waals surface area contributed by atoms with E-state index < -0.39 is 5.54 Å². The number of amides is 3. The topological polar surface area (TPSA) is 126 Å². The molecule has 0 bridgehead atoms. The molecule has 2 aromatic rings. The summed E-state index contributed by atoms with van der Waals surface area (Å²) in [5.41, 5.74) is 0.599. The van der Waals surface area contributed by atoms with Crippen molar-refractivity contribution in [2.45, 2.75) is 82.7 Å². The van der Waals surface area contributed by atoms with Gasteiger partial charge in [0, 0.05) is 37.1 Å². The molecule has 0 atom stereocenters. The molecule has 33 heavy (non-hydrogen) atoms. The van der Waals surface area contributed by atoms with E-state index in [0.717, 1.165) is 51.4 Å². The van der Waals surface area contributed by atoms with Crippen LogP contribution in [0.1, 0.15) is 86.8 Å². The van der Waals surface area contributed by atoms with Crippen molar-refractivity contribution in [1.29, 1.82) is 0 Å². The van der Waals surface area contributed by atoms with Crippen LogP contribution < -0.4 is 16.0 Å². The monoisotopic (exact) mass is 453 g/mol. The summed E-state index contributed by atoms with van der Waals surface area (Å²) in [6.45, 7) is 1.50. The molecule has 1 aromatic heterocycles. The van der Waals surface area contributed by atoms with Gasteiger partial charge in [-0.05, 0) is 49.9 Å². The van der Waals surface area contributed by atoms with Gasteiger partial charge in [0.15, 0.2) is 5.82 Å². The lowest BCUT2D eigenvalue weighted by Gasteiger charge is -2.30. The molecule has 4 rings (SSSR count). The molecule has 0 saturated heterocycles. The number of hydrogen-bond acceptors (Lipinski definition) is 6. The second-order valence-corrected chi connectivity index (χ2v) is 9.06. The molecule has 2 aliphatic rings. The maximum atomic E-state index is 12.4. The van der Waals surface area contributed by atoms with Crippen LogP contribution in [0.15, 0.2) is 28.8 Å². The van der Waals surface area contributed by atoms with Crippen molar-refractivity contribution in [3.05, 3.63) is 41.5 Å². The third-order valence-electron chi connectivity index (χ3n) is 6.18. The molecule has 1 aromatic carbocycles. The maximum absolute atomic E-state index is 12.4. The highest BCUT2D eigenvalue weighted by molar-refractivity contribution is 5.96. The fourth-order valence-corrected chi connectivity index (χ4v) is 4.27. The third kappa shape index (κ3) is 6.18. The highest BCUT2D eigenvalue weighted by atomic mass is 16.5. The molecular formula is C24H31N5O4. The van der Waals surface area contributed by atoms with Gasteiger partial charge in [0.1, 0.15) is 5.54 Å². The Labute approximate surface area is 193 Å². The van der Waals surface area contributed by atoms with Gasteiger partial charge in [-0.2, -0.15) is 4.98 Å². The normalized spacial score (nSPS) is 17.6. The van der Waals surface area contributed by atoms with Crippen molar-refractivity contribution in [1.82, 2.24) is 20.8 Å². The van der Waals surface area contributed by atoms with Crippen molar-refractivity contribution in [2.24, 2.45) is 0 Å². The van der Waals surface area contributed by atoms with Gasteiger partial charge in [-0.3, -0.25) is 14.4 Å².